The van der Waals surface area contributed by atoms with Gasteiger partial charge in [0.05, 0.1) is 25.3 Å². The highest BCUT2D eigenvalue weighted by Crippen LogP contribution is 2.24. The van der Waals surface area contributed by atoms with Gasteiger partial charge in [0.25, 0.3) is 0 Å². The standard InChI is InChI=1S/C22H31N5O2.HI/c1-15-12-26(14-20(15)21(28)29-5)22(23-4)24-11-19-16(2)25-27(17(19)3)13-18-9-7-6-8-10-18;/h6-10,15,20H,11-14H2,1-5H3,(H,23,24);1H. The molecule has 1 aromatic carbocycles. The molecule has 2 unspecified atom stereocenters. The van der Waals surface area contributed by atoms with Gasteiger partial charge in [0.1, 0.15) is 0 Å². The van der Waals surface area contributed by atoms with E-state index in [1.807, 2.05) is 25.1 Å². The van der Waals surface area contributed by atoms with Crippen LogP contribution in [0.15, 0.2) is 35.3 Å². The zero-order chi connectivity index (χ0) is 21.0. The summed E-state index contributed by atoms with van der Waals surface area (Å²) in [5, 5.41) is 8.18. The lowest BCUT2D eigenvalue weighted by molar-refractivity contribution is -0.145. The Balaban J connectivity index is 0.00000320. The Labute approximate surface area is 195 Å². The predicted octanol–water partition coefficient (Wildman–Crippen LogP) is 2.98. The number of benzene rings is 1. The van der Waals surface area contributed by atoms with Crippen LogP contribution in [0.3, 0.4) is 0 Å². The molecule has 0 radical (unpaired) electrons. The molecule has 1 aliphatic rings. The normalized spacial score (nSPS) is 18.8. The number of rotatable bonds is 5. The molecule has 8 heteroatoms. The fourth-order valence-corrected chi connectivity index (χ4v) is 4.00. The Morgan fingerprint density at radius 2 is 1.97 bits per heavy atom. The molecular weight excluding hydrogens is 493 g/mol. The van der Waals surface area contributed by atoms with E-state index in [4.69, 9.17) is 9.84 Å². The second kappa shape index (κ2) is 10.8. The molecule has 1 aromatic heterocycles. The van der Waals surface area contributed by atoms with Crippen LogP contribution >= 0.6 is 24.0 Å². The van der Waals surface area contributed by atoms with Crippen molar-refractivity contribution in [2.24, 2.45) is 16.8 Å². The van der Waals surface area contributed by atoms with Gasteiger partial charge in [0.2, 0.25) is 0 Å². The van der Waals surface area contributed by atoms with Crippen molar-refractivity contribution in [1.29, 1.82) is 0 Å². The first-order chi connectivity index (χ1) is 13.9. The first-order valence-corrected chi connectivity index (χ1v) is 10.0. The molecule has 0 aliphatic carbocycles. The van der Waals surface area contributed by atoms with Gasteiger partial charge in [0, 0.05) is 37.9 Å². The number of halogens is 1. The van der Waals surface area contributed by atoms with Gasteiger partial charge < -0.3 is 15.0 Å². The summed E-state index contributed by atoms with van der Waals surface area (Å²) in [6, 6.07) is 10.3. The van der Waals surface area contributed by atoms with Crippen molar-refractivity contribution in [2.75, 3.05) is 27.2 Å². The molecule has 1 aliphatic heterocycles. The molecule has 1 saturated heterocycles. The number of aromatic nitrogens is 2. The van der Waals surface area contributed by atoms with E-state index in [2.05, 4.69) is 45.9 Å². The average molecular weight is 525 g/mol. The number of likely N-dealkylation sites (tertiary alicyclic amines) is 1. The van der Waals surface area contributed by atoms with Gasteiger partial charge in [-0.2, -0.15) is 5.10 Å². The summed E-state index contributed by atoms with van der Waals surface area (Å²) in [5.41, 5.74) is 4.58. The third-order valence-corrected chi connectivity index (χ3v) is 5.76. The second-order valence-corrected chi connectivity index (χ2v) is 7.71. The van der Waals surface area contributed by atoms with Crippen LogP contribution in [-0.4, -0.2) is 53.9 Å². The van der Waals surface area contributed by atoms with Crippen LogP contribution in [0.2, 0.25) is 0 Å². The maximum Gasteiger partial charge on any atom is 0.310 e. The predicted molar refractivity (Wildman–Crippen MR) is 129 cm³/mol. The van der Waals surface area contributed by atoms with Gasteiger partial charge in [-0.25, -0.2) is 0 Å². The number of nitrogens with zero attached hydrogens (tertiary/aromatic N) is 4. The molecule has 30 heavy (non-hydrogen) atoms. The molecule has 0 amide bonds. The van der Waals surface area contributed by atoms with Crippen LogP contribution in [0.25, 0.3) is 0 Å². The van der Waals surface area contributed by atoms with Crippen molar-refractivity contribution < 1.29 is 9.53 Å². The van der Waals surface area contributed by atoms with E-state index in [9.17, 15) is 4.79 Å². The number of carbonyl (C=O) groups is 1. The van der Waals surface area contributed by atoms with Crippen molar-refractivity contribution in [3.05, 3.63) is 52.8 Å². The van der Waals surface area contributed by atoms with Crippen molar-refractivity contribution >= 4 is 35.9 Å². The third kappa shape index (κ3) is 5.33. The zero-order valence-corrected chi connectivity index (χ0v) is 20.7. The van der Waals surface area contributed by atoms with E-state index in [0.29, 0.717) is 13.1 Å². The lowest BCUT2D eigenvalue weighted by Crippen LogP contribution is -2.40. The fraction of sp³-hybridized carbons (Fsp3) is 0.500. The lowest BCUT2D eigenvalue weighted by atomic mass is 9.99. The molecule has 0 spiro atoms. The van der Waals surface area contributed by atoms with Gasteiger partial charge in [-0.1, -0.05) is 37.3 Å². The van der Waals surface area contributed by atoms with Crippen molar-refractivity contribution in [3.8, 4) is 0 Å². The SMILES string of the molecule is CN=C(NCc1c(C)nn(Cc2ccccc2)c1C)N1CC(C)C(C(=O)OC)C1.I. The molecule has 1 fully saturated rings. The molecule has 0 saturated carbocycles. The van der Waals surface area contributed by atoms with Gasteiger partial charge in [-0.3, -0.25) is 14.5 Å². The number of nitrogens with one attached hydrogen (secondary N) is 1. The maximum absolute atomic E-state index is 12.0. The van der Waals surface area contributed by atoms with Gasteiger partial charge in [-0.15, -0.1) is 24.0 Å². The second-order valence-electron chi connectivity index (χ2n) is 7.71. The highest BCUT2D eigenvalue weighted by atomic mass is 127. The number of hydrogen-bond donors (Lipinski definition) is 1. The van der Waals surface area contributed by atoms with Gasteiger partial charge in [0.15, 0.2) is 5.96 Å². The number of guanidine groups is 1. The summed E-state index contributed by atoms with van der Waals surface area (Å²) >= 11 is 0. The number of aliphatic imine (C=N–C) groups is 1. The van der Waals surface area contributed by atoms with Crippen LogP contribution in [0.4, 0.5) is 0 Å². The zero-order valence-electron chi connectivity index (χ0n) is 18.4. The molecule has 3 rings (SSSR count). The minimum Gasteiger partial charge on any atom is -0.469 e. The number of hydrogen-bond acceptors (Lipinski definition) is 4. The minimum absolute atomic E-state index is 0. The van der Waals surface area contributed by atoms with E-state index >= 15 is 0 Å². The molecule has 0 bridgehead atoms. The number of carbonyl (C=O) groups excluding carboxylic acids is 1. The Hall–Kier alpha value is -2.10. The number of aryl methyl sites for hydroxylation is 1. The van der Waals surface area contributed by atoms with E-state index in [-0.39, 0.29) is 41.8 Å². The Morgan fingerprint density at radius 1 is 1.27 bits per heavy atom. The summed E-state index contributed by atoms with van der Waals surface area (Å²) in [7, 11) is 3.22. The van der Waals surface area contributed by atoms with Crippen LogP contribution in [-0.2, 0) is 22.6 Å². The number of ether oxygens (including phenoxy) is 1. The summed E-state index contributed by atoms with van der Waals surface area (Å²) in [4.78, 5) is 18.5. The van der Waals surface area contributed by atoms with Crippen molar-refractivity contribution in [3.63, 3.8) is 0 Å². The van der Waals surface area contributed by atoms with Crippen LogP contribution < -0.4 is 5.32 Å². The quantitative estimate of drug-likeness (QED) is 0.282. The molecular formula is C22H32IN5O2. The monoisotopic (exact) mass is 525 g/mol. The molecule has 2 heterocycles. The maximum atomic E-state index is 12.0. The van der Waals surface area contributed by atoms with E-state index in [1.54, 1.807) is 7.05 Å². The van der Waals surface area contributed by atoms with E-state index < -0.39 is 0 Å². The third-order valence-electron chi connectivity index (χ3n) is 5.76. The lowest BCUT2D eigenvalue weighted by Gasteiger charge is -2.21. The molecule has 1 N–H and O–H groups in total. The van der Waals surface area contributed by atoms with Crippen molar-refractivity contribution in [2.45, 2.75) is 33.9 Å². The fourth-order valence-electron chi connectivity index (χ4n) is 4.00. The van der Waals surface area contributed by atoms with Crippen LogP contribution in [0, 0.1) is 25.7 Å². The number of esters is 1. The van der Waals surface area contributed by atoms with E-state index in [0.717, 1.165) is 30.4 Å². The Bertz CT molecular complexity index is 881. The summed E-state index contributed by atoms with van der Waals surface area (Å²) in [6.07, 6.45) is 0. The highest BCUT2D eigenvalue weighted by Gasteiger charge is 2.36. The summed E-state index contributed by atoms with van der Waals surface area (Å²) in [5.74, 6) is 0.774. The first-order valence-electron chi connectivity index (χ1n) is 10.0. The molecule has 2 atom stereocenters. The Morgan fingerprint density at radius 3 is 2.60 bits per heavy atom. The molecule has 2 aromatic rings. The summed E-state index contributed by atoms with van der Waals surface area (Å²) < 4.78 is 6.99. The van der Waals surface area contributed by atoms with Gasteiger partial charge in [-0.05, 0) is 25.3 Å². The van der Waals surface area contributed by atoms with E-state index in [1.165, 1.54) is 18.2 Å². The first kappa shape index (κ1) is 24.2. The highest BCUT2D eigenvalue weighted by molar-refractivity contribution is 14.0. The minimum atomic E-state index is -0.149. The molecule has 164 valence electrons. The molecule has 7 nitrogen and oxygen atoms in total. The van der Waals surface area contributed by atoms with Crippen LogP contribution in [0.1, 0.15) is 29.4 Å². The van der Waals surface area contributed by atoms with Crippen molar-refractivity contribution in [1.82, 2.24) is 20.0 Å². The number of methoxy groups -OCH3 is 1. The van der Waals surface area contributed by atoms with Gasteiger partial charge >= 0.3 is 5.97 Å². The largest absolute Gasteiger partial charge is 0.469 e. The summed E-state index contributed by atoms with van der Waals surface area (Å²) in [6.45, 7) is 9.03. The average Bonchev–Trinajstić information content (AvgIpc) is 3.23. The smallest absolute Gasteiger partial charge is 0.310 e. The topological polar surface area (TPSA) is 71.8 Å². The Kier molecular flexibility index (Phi) is 8.69. The van der Waals surface area contributed by atoms with Crippen LogP contribution in [0.5, 0.6) is 0 Å².